The molecular weight excluding hydrogens is 302 g/mol. The molecule has 1 aromatic carbocycles. The monoisotopic (exact) mass is 319 g/mol. The standard InChI is InChI=1S/C18H17N5O/c24-18(13-5-2-1-3-6-13)23-10-4-7-16(23)14-11-22-15(12-21-14)17-19-8-9-20-17/h1-3,5-6,8-9,11-12,16H,4,7,10H2,(H,19,20)/t16-/m0/s1. The number of amides is 1. The number of carbonyl (C=O) groups excluding carboxylic acids is 1. The average Bonchev–Trinajstić information content (AvgIpc) is 3.34. The minimum Gasteiger partial charge on any atom is -0.343 e. The smallest absolute Gasteiger partial charge is 0.254 e. The molecule has 4 rings (SSSR count). The fraction of sp³-hybridized carbons (Fsp3) is 0.222. The third-order valence-corrected chi connectivity index (χ3v) is 4.29. The number of H-pyrrole nitrogens is 1. The number of rotatable bonds is 3. The van der Waals surface area contributed by atoms with Crippen molar-refractivity contribution < 1.29 is 4.79 Å². The molecule has 0 bridgehead atoms. The Morgan fingerprint density at radius 2 is 2.00 bits per heavy atom. The summed E-state index contributed by atoms with van der Waals surface area (Å²) in [5.41, 5.74) is 2.24. The molecule has 0 unspecified atom stereocenters. The number of nitrogens with zero attached hydrogens (tertiary/aromatic N) is 4. The van der Waals surface area contributed by atoms with Gasteiger partial charge in [-0.25, -0.2) is 9.97 Å². The molecule has 6 nitrogen and oxygen atoms in total. The maximum absolute atomic E-state index is 12.7. The molecule has 0 aliphatic carbocycles. The van der Waals surface area contributed by atoms with Gasteiger partial charge in [-0.15, -0.1) is 0 Å². The van der Waals surface area contributed by atoms with Crippen LogP contribution in [0, 0.1) is 0 Å². The topological polar surface area (TPSA) is 74.8 Å². The van der Waals surface area contributed by atoms with Crippen LogP contribution in [-0.2, 0) is 0 Å². The first-order chi connectivity index (χ1) is 11.8. The Morgan fingerprint density at radius 1 is 1.12 bits per heavy atom. The van der Waals surface area contributed by atoms with E-state index in [-0.39, 0.29) is 11.9 Å². The van der Waals surface area contributed by atoms with Crippen LogP contribution < -0.4 is 0 Å². The minimum absolute atomic E-state index is 0.0177. The van der Waals surface area contributed by atoms with E-state index in [1.807, 2.05) is 35.2 Å². The average molecular weight is 319 g/mol. The lowest BCUT2D eigenvalue weighted by Gasteiger charge is -2.24. The van der Waals surface area contributed by atoms with Gasteiger partial charge >= 0.3 is 0 Å². The van der Waals surface area contributed by atoms with Crippen molar-refractivity contribution in [2.75, 3.05) is 6.54 Å². The van der Waals surface area contributed by atoms with E-state index in [0.29, 0.717) is 17.1 Å². The summed E-state index contributed by atoms with van der Waals surface area (Å²) in [6, 6.07) is 9.37. The van der Waals surface area contributed by atoms with Crippen molar-refractivity contribution in [3.63, 3.8) is 0 Å². The van der Waals surface area contributed by atoms with Crippen LogP contribution in [0.2, 0.25) is 0 Å². The number of aromatic amines is 1. The first-order valence-corrected chi connectivity index (χ1v) is 8.00. The predicted octanol–water partition coefficient (Wildman–Crippen LogP) is 2.84. The van der Waals surface area contributed by atoms with Gasteiger partial charge in [0.05, 0.1) is 24.1 Å². The molecule has 120 valence electrons. The zero-order valence-corrected chi connectivity index (χ0v) is 13.1. The lowest BCUT2D eigenvalue weighted by molar-refractivity contribution is 0.0732. The molecule has 2 aromatic heterocycles. The highest BCUT2D eigenvalue weighted by atomic mass is 16.2. The molecule has 6 heteroatoms. The number of carbonyl (C=O) groups is 1. The third-order valence-electron chi connectivity index (χ3n) is 4.29. The SMILES string of the molecule is O=C(c1ccccc1)N1CCC[C@H]1c1cnc(-c2ncc[nH]2)cn1. The summed E-state index contributed by atoms with van der Waals surface area (Å²) < 4.78 is 0. The Labute approximate surface area is 139 Å². The molecule has 1 aliphatic rings. The summed E-state index contributed by atoms with van der Waals surface area (Å²) >= 11 is 0. The molecule has 0 spiro atoms. The van der Waals surface area contributed by atoms with Crippen LogP contribution in [0.15, 0.2) is 55.1 Å². The highest BCUT2D eigenvalue weighted by Crippen LogP contribution is 2.32. The first-order valence-electron chi connectivity index (χ1n) is 8.00. The van der Waals surface area contributed by atoms with E-state index < -0.39 is 0 Å². The molecular formula is C18H17N5O. The van der Waals surface area contributed by atoms with Crippen LogP contribution >= 0.6 is 0 Å². The van der Waals surface area contributed by atoms with Gasteiger partial charge in [0, 0.05) is 24.5 Å². The number of benzene rings is 1. The normalized spacial score (nSPS) is 17.2. The van der Waals surface area contributed by atoms with Crippen molar-refractivity contribution in [3.8, 4) is 11.5 Å². The summed E-state index contributed by atoms with van der Waals surface area (Å²) in [5.74, 6) is 0.743. The van der Waals surface area contributed by atoms with Gasteiger partial charge in [0.1, 0.15) is 5.69 Å². The number of hydrogen-bond acceptors (Lipinski definition) is 4. The van der Waals surface area contributed by atoms with Gasteiger partial charge in [0.2, 0.25) is 0 Å². The van der Waals surface area contributed by atoms with Crippen LogP contribution in [0.5, 0.6) is 0 Å². The largest absolute Gasteiger partial charge is 0.343 e. The molecule has 1 amide bonds. The van der Waals surface area contributed by atoms with Crippen molar-refractivity contribution >= 4 is 5.91 Å². The summed E-state index contributed by atoms with van der Waals surface area (Å²) in [6.07, 6.45) is 8.78. The van der Waals surface area contributed by atoms with Crippen LogP contribution in [0.25, 0.3) is 11.5 Å². The molecule has 0 saturated carbocycles. The second-order valence-corrected chi connectivity index (χ2v) is 5.79. The Morgan fingerprint density at radius 3 is 2.71 bits per heavy atom. The highest BCUT2D eigenvalue weighted by Gasteiger charge is 2.31. The molecule has 3 heterocycles. The van der Waals surface area contributed by atoms with Crippen LogP contribution in [0.1, 0.15) is 34.9 Å². The van der Waals surface area contributed by atoms with Crippen molar-refractivity contribution in [1.82, 2.24) is 24.8 Å². The van der Waals surface area contributed by atoms with E-state index in [2.05, 4.69) is 19.9 Å². The van der Waals surface area contributed by atoms with Crippen LogP contribution in [0.4, 0.5) is 0 Å². The molecule has 3 aromatic rings. The van der Waals surface area contributed by atoms with E-state index in [9.17, 15) is 4.79 Å². The summed E-state index contributed by atoms with van der Waals surface area (Å²) in [4.78, 5) is 30.8. The maximum Gasteiger partial charge on any atom is 0.254 e. The van der Waals surface area contributed by atoms with Gasteiger partial charge in [0.25, 0.3) is 5.91 Å². The zero-order valence-electron chi connectivity index (χ0n) is 13.1. The van der Waals surface area contributed by atoms with Gasteiger partial charge < -0.3 is 9.88 Å². The Hall–Kier alpha value is -3.02. The third kappa shape index (κ3) is 2.67. The van der Waals surface area contributed by atoms with Gasteiger partial charge in [0.15, 0.2) is 5.82 Å². The van der Waals surface area contributed by atoms with Gasteiger partial charge in [-0.05, 0) is 25.0 Å². The van der Waals surface area contributed by atoms with Crippen molar-refractivity contribution in [2.24, 2.45) is 0 Å². The fourth-order valence-electron chi connectivity index (χ4n) is 3.10. The summed E-state index contributed by atoms with van der Waals surface area (Å²) in [6.45, 7) is 0.750. The summed E-state index contributed by atoms with van der Waals surface area (Å²) in [7, 11) is 0. The molecule has 24 heavy (non-hydrogen) atoms. The number of aromatic nitrogens is 4. The van der Waals surface area contributed by atoms with Crippen molar-refractivity contribution in [3.05, 3.63) is 66.4 Å². The lowest BCUT2D eigenvalue weighted by atomic mass is 10.1. The fourth-order valence-corrected chi connectivity index (χ4v) is 3.10. The van der Waals surface area contributed by atoms with E-state index in [0.717, 1.165) is 25.1 Å². The maximum atomic E-state index is 12.7. The molecule has 1 fully saturated rings. The van der Waals surface area contributed by atoms with Crippen molar-refractivity contribution in [2.45, 2.75) is 18.9 Å². The Kier molecular flexibility index (Phi) is 3.78. The molecule has 1 saturated heterocycles. The van der Waals surface area contributed by atoms with Crippen LogP contribution in [-0.4, -0.2) is 37.3 Å². The number of nitrogens with one attached hydrogen (secondary N) is 1. The second-order valence-electron chi connectivity index (χ2n) is 5.79. The predicted molar refractivity (Wildman–Crippen MR) is 89.1 cm³/mol. The second kappa shape index (κ2) is 6.23. The highest BCUT2D eigenvalue weighted by molar-refractivity contribution is 5.94. The van der Waals surface area contributed by atoms with Crippen molar-refractivity contribution in [1.29, 1.82) is 0 Å². The number of imidazole rings is 1. The van der Waals surface area contributed by atoms with Gasteiger partial charge in [-0.3, -0.25) is 9.78 Å². The minimum atomic E-state index is -0.0177. The van der Waals surface area contributed by atoms with E-state index in [1.54, 1.807) is 24.8 Å². The zero-order chi connectivity index (χ0) is 16.4. The Balaban J connectivity index is 1.58. The lowest BCUT2D eigenvalue weighted by Crippen LogP contribution is -2.31. The molecule has 1 aliphatic heterocycles. The summed E-state index contributed by atoms with van der Waals surface area (Å²) in [5, 5.41) is 0. The van der Waals surface area contributed by atoms with Crippen LogP contribution in [0.3, 0.4) is 0 Å². The molecule has 0 radical (unpaired) electrons. The number of likely N-dealkylation sites (tertiary alicyclic amines) is 1. The molecule has 1 N–H and O–H groups in total. The quantitative estimate of drug-likeness (QED) is 0.805. The number of hydrogen-bond donors (Lipinski definition) is 1. The van der Waals surface area contributed by atoms with E-state index in [4.69, 9.17) is 0 Å². The Bertz CT molecular complexity index is 814. The first kappa shape index (κ1) is 14.6. The van der Waals surface area contributed by atoms with E-state index >= 15 is 0 Å². The van der Waals surface area contributed by atoms with Gasteiger partial charge in [-0.1, -0.05) is 18.2 Å². The molecule has 1 atom stereocenters. The van der Waals surface area contributed by atoms with E-state index in [1.165, 1.54) is 0 Å². The van der Waals surface area contributed by atoms with Gasteiger partial charge in [-0.2, -0.15) is 0 Å².